The number of nitrogens with one attached hydrogen (secondary N) is 1. The molecule has 0 spiro atoms. The van der Waals surface area contributed by atoms with E-state index >= 15 is 0 Å². The molecular weight excluding hydrogens is 150 g/mol. The van der Waals surface area contributed by atoms with Crippen molar-refractivity contribution in [1.82, 2.24) is 4.98 Å². The molecule has 0 aliphatic carbocycles. The summed E-state index contributed by atoms with van der Waals surface area (Å²) in [5.74, 6) is 0. The zero-order valence-electron chi connectivity index (χ0n) is 7.76. The lowest BCUT2D eigenvalue weighted by atomic mass is 10.2. The highest BCUT2D eigenvalue weighted by molar-refractivity contribution is 5.53. The van der Waals surface area contributed by atoms with Crippen LogP contribution in [0.3, 0.4) is 0 Å². The van der Waals surface area contributed by atoms with E-state index < -0.39 is 0 Å². The summed E-state index contributed by atoms with van der Waals surface area (Å²) < 4.78 is 0. The normalized spacial score (nSPS) is 14.0. The first-order valence-corrected chi connectivity index (χ1v) is 4.12. The highest BCUT2D eigenvalue weighted by atomic mass is 16.3. The number of aryl methyl sites for hydroxylation is 2. The van der Waals surface area contributed by atoms with Crippen LogP contribution in [0.25, 0.3) is 6.08 Å². The lowest BCUT2D eigenvalue weighted by Crippen LogP contribution is -1.91. The highest BCUT2D eigenvalue weighted by Gasteiger charge is 1.97. The molecule has 12 heavy (non-hydrogen) atoms. The molecule has 1 atom stereocenters. The fourth-order valence-electron chi connectivity index (χ4n) is 1.16. The number of rotatable bonds is 2. The number of hydrogen-bond donors (Lipinski definition) is 2. The summed E-state index contributed by atoms with van der Waals surface area (Å²) in [6.07, 6.45) is 3.33. The third-order valence-electron chi connectivity index (χ3n) is 1.74. The Hall–Kier alpha value is -1.02. The molecule has 1 heterocycles. The maximum absolute atomic E-state index is 9.01. The Kier molecular flexibility index (Phi) is 2.71. The molecule has 0 aromatic carbocycles. The van der Waals surface area contributed by atoms with E-state index in [1.807, 2.05) is 19.9 Å². The lowest BCUT2D eigenvalue weighted by molar-refractivity contribution is 0.245. The van der Waals surface area contributed by atoms with Gasteiger partial charge in [0.1, 0.15) is 0 Å². The Morgan fingerprint density at radius 3 is 2.58 bits per heavy atom. The molecule has 0 saturated heterocycles. The van der Waals surface area contributed by atoms with E-state index in [1.165, 1.54) is 0 Å². The molecule has 0 amide bonds. The van der Waals surface area contributed by atoms with Crippen LogP contribution in [0.4, 0.5) is 0 Å². The van der Waals surface area contributed by atoms with Gasteiger partial charge in [0.15, 0.2) is 0 Å². The Morgan fingerprint density at radius 1 is 1.50 bits per heavy atom. The van der Waals surface area contributed by atoms with Crippen LogP contribution in [0.2, 0.25) is 0 Å². The van der Waals surface area contributed by atoms with E-state index in [-0.39, 0.29) is 6.10 Å². The van der Waals surface area contributed by atoms with Crippen LogP contribution in [0.5, 0.6) is 0 Å². The van der Waals surface area contributed by atoms with Crippen molar-refractivity contribution in [3.63, 3.8) is 0 Å². The third-order valence-corrected chi connectivity index (χ3v) is 1.74. The van der Waals surface area contributed by atoms with Gasteiger partial charge >= 0.3 is 0 Å². The summed E-state index contributed by atoms with van der Waals surface area (Å²) in [6.45, 7) is 5.78. The van der Waals surface area contributed by atoms with E-state index in [9.17, 15) is 0 Å². The van der Waals surface area contributed by atoms with E-state index in [1.54, 1.807) is 13.0 Å². The predicted octanol–water partition coefficient (Wildman–Crippen LogP) is 2.03. The van der Waals surface area contributed by atoms with E-state index in [4.69, 9.17) is 5.11 Å². The molecular formula is C10H15NO. The van der Waals surface area contributed by atoms with Crippen molar-refractivity contribution in [3.8, 4) is 0 Å². The topological polar surface area (TPSA) is 36.0 Å². The molecule has 1 aromatic rings. The molecule has 1 rings (SSSR count). The molecule has 2 nitrogen and oxygen atoms in total. The van der Waals surface area contributed by atoms with Gasteiger partial charge < -0.3 is 10.1 Å². The van der Waals surface area contributed by atoms with Gasteiger partial charge in [0.05, 0.1) is 6.10 Å². The monoisotopic (exact) mass is 165 g/mol. The molecule has 0 saturated carbocycles. The molecule has 0 fully saturated rings. The molecule has 0 aliphatic rings. The first kappa shape index (κ1) is 9.07. The van der Waals surface area contributed by atoms with Crippen molar-refractivity contribution >= 4 is 6.08 Å². The van der Waals surface area contributed by atoms with Crippen LogP contribution in [0, 0.1) is 13.8 Å². The molecule has 1 unspecified atom stereocenters. The standard InChI is InChI=1S/C10H15NO/c1-7-6-10(9(3)11-7)5-4-8(2)12/h4-6,8,11-12H,1-3H3/b5-4+. The zero-order valence-corrected chi connectivity index (χ0v) is 7.76. The minimum absolute atomic E-state index is 0.375. The summed E-state index contributed by atoms with van der Waals surface area (Å²) in [7, 11) is 0. The van der Waals surface area contributed by atoms with Gasteiger partial charge in [-0.15, -0.1) is 0 Å². The Labute approximate surface area is 72.9 Å². The fraction of sp³-hybridized carbons (Fsp3) is 0.400. The largest absolute Gasteiger partial charge is 0.389 e. The molecule has 0 bridgehead atoms. The van der Waals surface area contributed by atoms with Crippen LogP contribution in [0.15, 0.2) is 12.1 Å². The number of aliphatic hydroxyl groups excluding tert-OH is 1. The zero-order chi connectivity index (χ0) is 9.14. The summed E-state index contributed by atoms with van der Waals surface area (Å²) in [6, 6.07) is 2.06. The molecule has 1 aromatic heterocycles. The first-order valence-electron chi connectivity index (χ1n) is 4.12. The molecule has 0 radical (unpaired) electrons. The van der Waals surface area contributed by atoms with Crippen molar-refractivity contribution in [1.29, 1.82) is 0 Å². The Morgan fingerprint density at radius 2 is 2.17 bits per heavy atom. The van der Waals surface area contributed by atoms with Gasteiger partial charge in [-0.2, -0.15) is 0 Å². The Bertz CT molecular complexity index is 284. The number of aromatic amines is 1. The molecule has 66 valence electrons. The van der Waals surface area contributed by atoms with Gasteiger partial charge in [0, 0.05) is 11.4 Å². The van der Waals surface area contributed by atoms with E-state index in [2.05, 4.69) is 11.1 Å². The Balaban J connectivity index is 2.81. The van der Waals surface area contributed by atoms with Gasteiger partial charge in [0.2, 0.25) is 0 Å². The number of hydrogen-bond acceptors (Lipinski definition) is 1. The van der Waals surface area contributed by atoms with Crippen LogP contribution in [-0.2, 0) is 0 Å². The van der Waals surface area contributed by atoms with Gasteiger partial charge in [-0.1, -0.05) is 12.2 Å². The van der Waals surface area contributed by atoms with Crippen molar-refractivity contribution in [2.75, 3.05) is 0 Å². The smallest absolute Gasteiger partial charge is 0.0696 e. The second-order valence-corrected chi connectivity index (χ2v) is 3.13. The van der Waals surface area contributed by atoms with Crippen molar-refractivity contribution in [3.05, 3.63) is 29.1 Å². The first-order chi connectivity index (χ1) is 5.59. The van der Waals surface area contributed by atoms with Gasteiger partial charge in [0.25, 0.3) is 0 Å². The van der Waals surface area contributed by atoms with E-state index in [0.29, 0.717) is 0 Å². The summed E-state index contributed by atoms with van der Waals surface area (Å²) >= 11 is 0. The maximum atomic E-state index is 9.01. The molecule has 2 heteroatoms. The second kappa shape index (κ2) is 3.59. The summed E-state index contributed by atoms with van der Waals surface area (Å²) in [5, 5.41) is 9.01. The second-order valence-electron chi connectivity index (χ2n) is 3.13. The van der Waals surface area contributed by atoms with E-state index in [0.717, 1.165) is 17.0 Å². The van der Waals surface area contributed by atoms with Crippen LogP contribution >= 0.6 is 0 Å². The van der Waals surface area contributed by atoms with Gasteiger partial charge in [-0.3, -0.25) is 0 Å². The predicted molar refractivity (Wildman–Crippen MR) is 51.0 cm³/mol. The number of aromatic nitrogens is 1. The van der Waals surface area contributed by atoms with Crippen molar-refractivity contribution in [2.24, 2.45) is 0 Å². The summed E-state index contributed by atoms with van der Waals surface area (Å²) in [5.41, 5.74) is 3.44. The van der Waals surface area contributed by atoms with Crippen molar-refractivity contribution in [2.45, 2.75) is 26.9 Å². The van der Waals surface area contributed by atoms with Crippen molar-refractivity contribution < 1.29 is 5.11 Å². The fourth-order valence-corrected chi connectivity index (χ4v) is 1.16. The van der Waals surface area contributed by atoms with Gasteiger partial charge in [-0.25, -0.2) is 0 Å². The quantitative estimate of drug-likeness (QED) is 0.691. The highest BCUT2D eigenvalue weighted by Crippen LogP contribution is 2.11. The third kappa shape index (κ3) is 2.24. The molecule has 0 aliphatic heterocycles. The average Bonchev–Trinajstić information content (AvgIpc) is 2.26. The molecule has 2 N–H and O–H groups in total. The average molecular weight is 165 g/mol. The minimum atomic E-state index is -0.375. The van der Waals surface area contributed by atoms with Crippen LogP contribution in [0.1, 0.15) is 23.9 Å². The summed E-state index contributed by atoms with van der Waals surface area (Å²) in [4.78, 5) is 3.20. The van der Waals surface area contributed by atoms with Crippen LogP contribution < -0.4 is 0 Å². The SMILES string of the molecule is Cc1cc(/C=C/C(C)O)c(C)[nH]1. The maximum Gasteiger partial charge on any atom is 0.0696 e. The lowest BCUT2D eigenvalue weighted by Gasteiger charge is -1.93. The van der Waals surface area contributed by atoms with Gasteiger partial charge in [-0.05, 0) is 32.4 Å². The number of H-pyrrole nitrogens is 1. The van der Waals surface area contributed by atoms with Crippen LogP contribution in [-0.4, -0.2) is 16.2 Å². The minimum Gasteiger partial charge on any atom is -0.389 e. The number of aliphatic hydroxyl groups is 1.